The molecule has 0 aromatic heterocycles. The zero-order valence-electron chi connectivity index (χ0n) is 12.6. The van der Waals surface area contributed by atoms with Crippen LogP contribution in [0.1, 0.15) is 38.5 Å². The highest BCUT2D eigenvalue weighted by atomic mass is 32.2. The molecule has 1 aliphatic rings. The Bertz CT molecular complexity index is 259. The predicted molar refractivity (Wildman–Crippen MR) is 91.7 cm³/mol. The zero-order chi connectivity index (χ0) is 13.9. The van der Waals surface area contributed by atoms with Crippen LogP contribution >= 0.6 is 23.5 Å². The number of hydrogen-bond acceptors (Lipinski definition) is 3. The lowest BCUT2D eigenvalue weighted by molar-refractivity contribution is 0.419. The molecule has 0 aromatic rings. The van der Waals surface area contributed by atoms with Gasteiger partial charge in [0.25, 0.3) is 0 Å². The minimum absolute atomic E-state index is 0.601. The molecule has 1 saturated carbocycles. The Morgan fingerprint density at radius 1 is 1.26 bits per heavy atom. The maximum absolute atomic E-state index is 4.33. The van der Waals surface area contributed by atoms with Gasteiger partial charge in [0.1, 0.15) is 0 Å². The molecule has 1 fully saturated rings. The fourth-order valence-electron chi connectivity index (χ4n) is 2.46. The van der Waals surface area contributed by atoms with Gasteiger partial charge in [-0.3, -0.25) is 4.99 Å². The third-order valence-electron chi connectivity index (χ3n) is 3.59. The van der Waals surface area contributed by atoms with Crippen LogP contribution in [0.25, 0.3) is 0 Å². The molecule has 19 heavy (non-hydrogen) atoms. The van der Waals surface area contributed by atoms with Crippen molar-refractivity contribution in [1.82, 2.24) is 10.6 Å². The molecular weight excluding hydrogens is 274 g/mol. The average molecular weight is 304 g/mol. The second kappa shape index (κ2) is 10.7. The Morgan fingerprint density at radius 3 is 2.79 bits per heavy atom. The van der Waals surface area contributed by atoms with Crippen LogP contribution in [-0.4, -0.2) is 49.1 Å². The topological polar surface area (TPSA) is 36.4 Å². The number of unbranched alkanes of at least 4 members (excludes halogenated alkanes) is 1. The summed E-state index contributed by atoms with van der Waals surface area (Å²) >= 11 is 3.93. The molecule has 0 radical (unpaired) electrons. The molecule has 2 atom stereocenters. The number of nitrogens with one attached hydrogen (secondary N) is 2. The van der Waals surface area contributed by atoms with Crippen molar-refractivity contribution < 1.29 is 0 Å². The molecule has 2 unspecified atom stereocenters. The summed E-state index contributed by atoms with van der Waals surface area (Å²) in [6, 6.07) is 0.601. The quantitative estimate of drug-likeness (QED) is 0.431. The first-order valence-corrected chi connectivity index (χ1v) is 9.97. The molecule has 0 bridgehead atoms. The van der Waals surface area contributed by atoms with E-state index in [1.807, 2.05) is 30.6 Å². The SMILES string of the molecule is CN=C(NCCCCSC)NC1CCCC(SC)C1. The van der Waals surface area contributed by atoms with E-state index >= 15 is 0 Å². The second-order valence-electron chi connectivity index (χ2n) is 5.06. The van der Waals surface area contributed by atoms with E-state index < -0.39 is 0 Å². The predicted octanol–water partition coefficient (Wildman–Crippen LogP) is 2.97. The maximum atomic E-state index is 4.33. The van der Waals surface area contributed by atoms with E-state index in [1.165, 1.54) is 44.3 Å². The van der Waals surface area contributed by atoms with Gasteiger partial charge in [-0.1, -0.05) is 6.42 Å². The van der Waals surface area contributed by atoms with Crippen LogP contribution in [0.4, 0.5) is 0 Å². The summed E-state index contributed by atoms with van der Waals surface area (Å²) in [5.41, 5.74) is 0. The Balaban J connectivity index is 2.20. The second-order valence-corrected chi connectivity index (χ2v) is 7.19. The Labute approximate surface area is 127 Å². The normalized spacial score (nSPS) is 24.3. The Kier molecular flexibility index (Phi) is 9.61. The summed E-state index contributed by atoms with van der Waals surface area (Å²) in [6.45, 7) is 1.03. The summed E-state index contributed by atoms with van der Waals surface area (Å²) in [5.74, 6) is 2.24. The molecule has 5 heteroatoms. The van der Waals surface area contributed by atoms with Crippen molar-refractivity contribution in [1.29, 1.82) is 0 Å². The van der Waals surface area contributed by atoms with Gasteiger partial charge in [0.2, 0.25) is 0 Å². The van der Waals surface area contributed by atoms with E-state index in [9.17, 15) is 0 Å². The third kappa shape index (κ3) is 7.35. The summed E-state index contributed by atoms with van der Waals surface area (Å²) < 4.78 is 0. The number of rotatable bonds is 7. The first-order valence-electron chi connectivity index (χ1n) is 7.29. The molecule has 0 heterocycles. The van der Waals surface area contributed by atoms with Gasteiger partial charge in [-0.05, 0) is 50.4 Å². The van der Waals surface area contributed by atoms with Gasteiger partial charge >= 0.3 is 0 Å². The van der Waals surface area contributed by atoms with Crippen molar-refractivity contribution in [2.75, 3.05) is 31.9 Å². The molecule has 1 rings (SSSR count). The molecule has 0 saturated heterocycles. The van der Waals surface area contributed by atoms with E-state index in [1.54, 1.807) is 0 Å². The largest absolute Gasteiger partial charge is 0.356 e. The van der Waals surface area contributed by atoms with Crippen molar-refractivity contribution in [3.05, 3.63) is 0 Å². The van der Waals surface area contributed by atoms with Crippen molar-refractivity contribution in [3.63, 3.8) is 0 Å². The fourth-order valence-corrected chi connectivity index (χ4v) is 3.78. The summed E-state index contributed by atoms with van der Waals surface area (Å²) in [7, 11) is 1.87. The lowest BCUT2D eigenvalue weighted by Gasteiger charge is -2.29. The number of nitrogens with zero attached hydrogens (tertiary/aromatic N) is 1. The van der Waals surface area contributed by atoms with Gasteiger partial charge in [-0.25, -0.2) is 0 Å². The number of hydrogen-bond donors (Lipinski definition) is 2. The van der Waals surface area contributed by atoms with Crippen LogP contribution in [0.15, 0.2) is 4.99 Å². The fraction of sp³-hybridized carbons (Fsp3) is 0.929. The van der Waals surface area contributed by atoms with Crippen molar-refractivity contribution in [3.8, 4) is 0 Å². The molecule has 0 amide bonds. The van der Waals surface area contributed by atoms with Crippen LogP contribution in [-0.2, 0) is 0 Å². The maximum Gasteiger partial charge on any atom is 0.191 e. The van der Waals surface area contributed by atoms with Crippen molar-refractivity contribution in [2.24, 2.45) is 4.99 Å². The summed E-state index contributed by atoms with van der Waals surface area (Å²) in [4.78, 5) is 4.33. The highest BCUT2D eigenvalue weighted by Crippen LogP contribution is 2.26. The standard InChI is InChI=1S/C14H29N3S2/c1-15-14(16-9-4-5-10-18-2)17-12-7-6-8-13(11-12)19-3/h12-13H,4-11H2,1-3H3,(H2,15,16,17). The van der Waals surface area contributed by atoms with E-state index in [0.29, 0.717) is 6.04 Å². The molecule has 0 aliphatic heterocycles. The molecule has 0 spiro atoms. The van der Waals surface area contributed by atoms with E-state index in [0.717, 1.165) is 17.8 Å². The Morgan fingerprint density at radius 2 is 2.11 bits per heavy atom. The summed E-state index contributed by atoms with van der Waals surface area (Å²) in [6.07, 6.45) is 12.2. The number of guanidine groups is 1. The lowest BCUT2D eigenvalue weighted by atomic mass is 9.95. The zero-order valence-corrected chi connectivity index (χ0v) is 14.2. The van der Waals surface area contributed by atoms with Crippen LogP contribution in [0.2, 0.25) is 0 Å². The number of aliphatic imine (C=N–C) groups is 1. The lowest BCUT2D eigenvalue weighted by Crippen LogP contribution is -2.45. The first-order chi connectivity index (χ1) is 9.30. The molecule has 2 N–H and O–H groups in total. The van der Waals surface area contributed by atoms with Gasteiger partial charge < -0.3 is 10.6 Å². The molecule has 1 aliphatic carbocycles. The molecule has 3 nitrogen and oxygen atoms in total. The van der Waals surface area contributed by atoms with Gasteiger partial charge in [0, 0.05) is 24.9 Å². The highest BCUT2D eigenvalue weighted by Gasteiger charge is 2.21. The average Bonchev–Trinajstić information content (AvgIpc) is 2.46. The van der Waals surface area contributed by atoms with Crippen molar-refractivity contribution >= 4 is 29.5 Å². The first kappa shape index (κ1) is 17.0. The Hall–Kier alpha value is -0.0300. The van der Waals surface area contributed by atoms with Crippen LogP contribution in [0.3, 0.4) is 0 Å². The van der Waals surface area contributed by atoms with E-state index in [-0.39, 0.29) is 0 Å². The van der Waals surface area contributed by atoms with Crippen LogP contribution in [0, 0.1) is 0 Å². The van der Waals surface area contributed by atoms with E-state index in [2.05, 4.69) is 28.1 Å². The van der Waals surface area contributed by atoms with E-state index in [4.69, 9.17) is 0 Å². The minimum Gasteiger partial charge on any atom is -0.356 e. The van der Waals surface area contributed by atoms with Gasteiger partial charge in [0.05, 0.1) is 0 Å². The van der Waals surface area contributed by atoms with Gasteiger partial charge in [0.15, 0.2) is 5.96 Å². The number of thioether (sulfide) groups is 2. The van der Waals surface area contributed by atoms with Gasteiger partial charge in [-0.15, -0.1) is 0 Å². The molecule has 0 aromatic carbocycles. The summed E-state index contributed by atoms with van der Waals surface area (Å²) in [5, 5.41) is 7.84. The molecule has 112 valence electrons. The monoisotopic (exact) mass is 303 g/mol. The molecular formula is C14H29N3S2. The van der Waals surface area contributed by atoms with Crippen LogP contribution < -0.4 is 10.6 Å². The van der Waals surface area contributed by atoms with Crippen LogP contribution in [0.5, 0.6) is 0 Å². The third-order valence-corrected chi connectivity index (χ3v) is 5.38. The van der Waals surface area contributed by atoms with Crippen molar-refractivity contribution in [2.45, 2.75) is 49.8 Å². The minimum atomic E-state index is 0.601. The highest BCUT2D eigenvalue weighted by molar-refractivity contribution is 7.99. The van der Waals surface area contributed by atoms with Gasteiger partial charge in [-0.2, -0.15) is 23.5 Å². The smallest absolute Gasteiger partial charge is 0.191 e.